The van der Waals surface area contributed by atoms with E-state index in [0.717, 1.165) is 24.9 Å². The summed E-state index contributed by atoms with van der Waals surface area (Å²) in [5, 5.41) is 6.20. The molecule has 1 heterocycles. The third kappa shape index (κ3) is 6.29. The van der Waals surface area contributed by atoms with E-state index in [-0.39, 0.29) is 16.8 Å². The minimum atomic E-state index is -3.72. The molecule has 2 atom stereocenters. The van der Waals surface area contributed by atoms with E-state index < -0.39 is 16.1 Å². The Hall–Kier alpha value is -1.09. The molecule has 1 saturated heterocycles. The van der Waals surface area contributed by atoms with Gasteiger partial charge in [-0.3, -0.25) is 4.79 Å². The van der Waals surface area contributed by atoms with Crippen LogP contribution in [0, 0.1) is 6.92 Å². The Balaban J connectivity index is 2.02. The van der Waals surface area contributed by atoms with Crippen molar-refractivity contribution in [3.8, 4) is 0 Å². The number of carbonyl (C=O) groups is 1. The van der Waals surface area contributed by atoms with E-state index in [1.165, 1.54) is 0 Å². The van der Waals surface area contributed by atoms with Crippen LogP contribution < -0.4 is 15.4 Å². The van der Waals surface area contributed by atoms with E-state index in [2.05, 4.69) is 15.4 Å². The highest BCUT2D eigenvalue weighted by atomic mass is 32.2. The first-order valence-corrected chi connectivity index (χ1v) is 11.4. The summed E-state index contributed by atoms with van der Waals surface area (Å²) in [6.07, 6.45) is 4.53. The second-order valence-electron chi connectivity index (χ2n) is 6.31. The molecule has 2 rings (SSSR count). The second kappa shape index (κ2) is 9.56. The van der Waals surface area contributed by atoms with Gasteiger partial charge in [0.25, 0.3) is 0 Å². The lowest BCUT2D eigenvalue weighted by Gasteiger charge is -2.20. The standard InChI is InChI=1S/C17H27N3O3S2/c1-13-5-7-15(8-6-13)25(22,23)20-16(9-11-24-2)17(21)19-12-14-4-3-10-18-14/h5-8,14,16,18,20H,3-4,9-12H2,1-2H3,(H,19,21). The fourth-order valence-electron chi connectivity index (χ4n) is 2.73. The van der Waals surface area contributed by atoms with Gasteiger partial charge in [0.2, 0.25) is 15.9 Å². The van der Waals surface area contributed by atoms with Crippen molar-refractivity contribution in [3.63, 3.8) is 0 Å². The SMILES string of the molecule is CSCCC(NS(=O)(=O)c1ccc(C)cc1)C(=O)NCC1CCCN1. The highest BCUT2D eigenvalue weighted by Gasteiger charge is 2.26. The summed E-state index contributed by atoms with van der Waals surface area (Å²) in [7, 11) is -3.72. The van der Waals surface area contributed by atoms with E-state index >= 15 is 0 Å². The Bertz CT molecular complexity index is 656. The molecule has 0 aromatic heterocycles. The number of rotatable bonds is 9. The fourth-order valence-corrected chi connectivity index (χ4v) is 4.43. The second-order valence-corrected chi connectivity index (χ2v) is 9.01. The molecule has 140 valence electrons. The van der Waals surface area contributed by atoms with Crippen LogP contribution in [0.15, 0.2) is 29.2 Å². The lowest BCUT2D eigenvalue weighted by Crippen LogP contribution is -2.49. The van der Waals surface area contributed by atoms with Crippen LogP contribution in [0.2, 0.25) is 0 Å². The summed E-state index contributed by atoms with van der Waals surface area (Å²) >= 11 is 1.59. The zero-order valence-electron chi connectivity index (χ0n) is 14.7. The van der Waals surface area contributed by atoms with Crippen molar-refractivity contribution >= 4 is 27.7 Å². The van der Waals surface area contributed by atoms with Gasteiger partial charge in [0.1, 0.15) is 6.04 Å². The van der Waals surface area contributed by atoms with Crippen molar-refractivity contribution in [1.82, 2.24) is 15.4 Å². The number of aryl methyl sites for hydroxylation is 1. The van der Waals surface area contributed by atoms with Crippen LogP contribution in [0.4, 0.5) is 0 Å². The van der Waals surface area contributed by atoms with E-state index in [9.17, 15) is 13.2 Å². The molecule has 3 N–H and O–H groups in total. The number of thioether (sulfide) groups is 1. The zero-order valence-corrected chi connectivity index (χ0v) is 16.4. The average Bonchev–Trinajstić information content (AvgIpc) is 3.10. The first-order valence-electron chi connectivity index (χ1n) is 8.51. The van der Waals surface area contributed by atoms with Crippen LogP contribution in [0.3, 0.4) is 0 Å². The number of hydrogen-bond acceptors (Lipinski definition) is 5. The quantitative estimate of drug-likeness (QED) is 0.596. The van der Waals surface area contributed by atoms with Gasteiger partial charge in [-0.05, 0) is 56.9 Å². The smallest absolute Gasteiger partial charge is 0.241 e. The number of amides is 1. The van der Waals surface area contributed by atoms with Gasteiger partial charge in [-0.15, -0.1) is 0 Å². The van der Waals surface area contributed by atoms with Gasteiger partial charge < -0.3 is 10.6 Å². The summed E-state index contributed by atoms with van der Waals surface area (Å²) in [6, 6.07) is 6.13. The van der Waals surface area contributed by atoms with Gasteiger partial charge in [-0.25, -0.2) is 8.42 Å². The van der Waals surface area contributed by atoms with Crippen molar-refractivity contribution in [2.75, 3.05) is 25.1 Å². The monoisotopic (exact) mass is 385 g/mol. The van der Waals surface area contributed by atoms with Crippen LogP contribution in [-0.4, -0.2) is 51.5 Å². The largest absolute Gasteiger partial charge is 0.353 e. The molecular weight excluding hydrogens is 358 g/mol. The Morgan fingerprint density at radius 3 is 2.68 bits per heavy atom. The predicted molar refractivity (Wildman–Crippen MR) is 102 cm³/mol. The van der Waals surface area contributed by atoms with Crippen LogP contribution in [0.1, 0.15) is 24.8 Å². The van der Waals surface area contributed by atoms with Crippen LogP contribution in [0.25, 0.3) is 0 Å². The first-order chi connectivity index (χ1) is 11.9. The lowest BCUT2D eigenvalue weighted by atomic mass is 10.2. The van der Waals surface area contributed by atoms with Crippen molar-refractivity contribution in [1.29, 1.82) is 0 Å². The van der Waals surface area contributed by atoms with E-state index in [0.29, 0.717) is 18.7 Å². The predicted octanol–water partition coefficient (Wildman–Crippen LogP) is 1.26. The van der Waals surface area contributed by atoms with Gasteiger partial charge in [0.15, 0.2) is 0 Å². The molecule has 1 fully saturated rings. The molecule has 1 aliphatic heterocycles. The van der Waals surface area contributed by atoms with Crippen LogP contribution >= 0.6 is 11.8 Å². The van der Waals surface area contributed by atoms with Crippen molar-refractivity contribution in [2.45, 2.75) is 43.2 Å². The number of carbonyl (C=O) groups excluding carboxylic acids is 1. The molecule has 25 heavy (non-hydrogen) atoms. The summed E-state index contributed by atoms with van der Waals surface area (Å²) in [5.41, 5.74) is 0.986. The third-order valence-electron chi connectivity index (χ3n) is 4.24. The number of sulfonamides is 1. The number of nitrogens with one attached hydrogen (secondary N) is 3. The molecule has 1 aromatic rings. The third-order valence-corrected chi connectivity index (χ3v) is 6.37. The maximum atomic E-state index is 12.6. The van der Waals surface area contributed by atoms with Crippen LogP contribution in [0.5, 0.6) is 0 Å². The normalized spacial score (nSPS) is 18.9. The molecule has 1 aromatic carbocycles. The summed E-state index contributed by atoms with van der Waals surface area (Å²) in [5.74, 6) is 0.439. The molecule has 0 saturated carbocycles. The van der Waals surface area contributed by atoms with Gasteiger partial charge in [0.05, 0.1) is 4.90 Å². The maximum absolute atomic E-state index is 12.6. The molecule has 0 spiro atoms. The maximum Gasteiger partial charge on any atom is 0.241 e. The summed E-state index contributed by atoms with van der Waals surface area (Å²) in [6.45, 7) is 3.40. The summed E-state index contributed by atoms with van der Waals surface area (Å²) < 4.78 is 27.7. The Morgan fingerprint density at radius 1 is 1.36 bits per heavy atom. The Morgan fingerprint density at radius 2 is 2.08 bits per heavy atom. The molecule has 1 aliphatic rings. The average molecular weight is 386 g/mol. The minimum Gasteiger partial charge on any atom is -0.353 e. The molecule has 1 amide bonds. The van der Waals surface area contributed by atoms with Gasteiger partial charge in [0, 0.05) is 12.6 Å². The highest BCUT2D eigenvalue weighted by Crippen LogP contribution is 2.12. The molecule has 6 nitrogen and oxygen atoms in total. The zero-order chi connectivity index (χ0) is 18.3. The van der Waals surface area contributed by atoms with Crippen molar-refractivity contribution in [2.24, 2.45) is 0 Å². The molecule has 8 heteroatoms. The first kappa shape index (κ1) is 20.2. The minimum absolute atomic E-state index is 0.178. The molecule has 0 aliphatic carbocycles. The van der Waals surface area contributed by atoms with Gasteiger partial charge in [-0.1, -0.05) is 17.7 Å². The summed E-state index contributed by atoms with van der Waals surface area (Å²) in [4.78, 5) is 12.7. The van der Waals surface area contributed by atoms with E-state index in [4.69, 9.17) is 0 Å². The fraction of sp³-hybridized carbons (Fsp3) is 0.588. The lowest BCUT2D eigenvalue weighted by molar-refractivity contribution is -0.122. The van der Waals surface area contributed by atoms with Crippen molar-refractivity contribution < 1.29 is 13.2 Å². The molecule has 0 radical (unpaired) electrons. The Labute approximate surface area is 154 Å². The van der Waals surface area contributed by atoms with E-state index in [1.54, 1.807) is 36.0 Å². The Kier molecular flexibility index (Phi) is 7.74. The van der Waals surface area contributed by atoms with Gasteiger partial charge in [-0.2, -0.15) is 16.5 Å². The molecule has 2 unspecified atom stereocenters. The topological polar surface area (TPSA) is 87.3 Å². The number of benzene rings is 1. The molecular formula is C17H27N3O3S2. The van der Waals surface area contributed by atoms with Crippen molar-refractivity contribution in [3.05, 3.63) is 29.8 Å². The molecule has 0 bridgehead atoms. The van der Waals surface area contributed by atoms with Gasteiger partial charge >= 0.3 is 0 Å². The number of hydrogen-bond donors (Lipinski definition) is 3. The highest BCUT2D eigenvalue weighted by molar-refractivity contribution is 7.98. The van der Waals surface area contributed by atoms with Crippen LogP contribution in [-0.2, 0) is 14.8 Å². The van der Waals surface area contributed by atoms with E-state index in [1.807, 2.05) is 13.2 Å².